The van der Waals surface area contributed by atoms with Gasteiger partial charge in [-0.2, -0.15) is 0 Å². The van der Waals surface area contributed by atoms with Crippen molar-refractivity contribution in [3.63, 3.8) is 0 Å². The summed E-state index contributed by atoms with van der Waals surface area (Å²) in [6.45, 7) is 0.712. The summed E-state index contributed by atoms with van der Waals surface area (Å²) in [5.74, 6) is 0.920. The molecule has 0 saturated heterocycles. The van der Waals surface area contributed by atoms with Crippen molar-refractivity contribution >= 4 is 21.4 Å². The number of halogens is 1. The maximum Gasteiger partial charge on any atom is 0.175 e. The first-order valence-corrected chi connectivity index (χ1v) is 8.58. The number of hydrogen-bond acceptors (Lipinski definition) is 4. The SMILES string of the molecule is CNCc1ccc(Oc2cccc(S(C)(=O)=O)c2)c(Cl)c1. The van der Waals surface area contributed by atoms with Gasteiger partial charge in [0.25, 0.3) is 0 Å². The highest BCUT2D eigenvalue weighted by Crippen LogP contribution is 2.31. The molecule has 0 fully saturated rings. The van der Waals surface area contributed by atoms with Gasteiger partial charge in [0.1, 0.15) is 11.5 Å². The zero-order chi connectivity index (χ0) is 15.5. The largest absolute Gasteiger partial charge is 0.456 e. The summed E-state index contributed by atoms with van der Waals surface area (Å²) in [7, 11) is -1.41. The van der Waals surface area contributed by atoms with E-state index < -0.39 is 9.84 Å². The first-order chi connectivity index (χ1) is 9.90. The second-order valence-corrected chi connectivity index (χ2v) is 7.07. The average molecular weight is 326 g/mol. The normalized spacial score (nSPS) is 11.4. The molecular formula is C15H16ClNO3S. The van der Waals surface area contributed by atoms with Crippen LogP contribution in [0.1, 0.15) is 5.56 Å². The van der Waals surface area contributed by atoms with E-state index in [0.29, 0.717) is 23.1 Å². The Bertz CT molecular complexity index is 744. The van der Waals surface area contributed by atoms with Crippen LogP contribution in [0.25, 0.3) is 0 Å². The van der Waals surface area contributed by atoms with Crippen molar-refractivity contribution in [1.82, 2.24) is 5.32 Å². The third-order valence-corrected chi connectivity index (χ3v) is 4.24. The van der Waals surface area contributed by atoms with Crippen LogP contribution in [0.2, 0.25) is 5.02 Å². The average Bonchev–Trinajstić information content (AvgIpc) is 2.42. The van der Waals surface area contributed by atoms with Crippen LogP contribution in [0.5, 0.6) is 11.5 Å². The molecule has 0 amide bonds. The highest BCUT2D eigenvalue weighted by Gasteiger charge is 2.09. The van der Waals surface area contributed by atoms with Crippen molar-refractivity contribution in [2.75, 3.05) is 13.3 Å². The van der Waals surface area contributed by atoms with Gasteiger partial charge in [-0.15, -0.1) is 0 Å². The van der Waals surface area contributed by atoms with Crippen LogP contribution >= 0.6 is 11.6 Å². The van der Waals surface area contributed by atoms with Gasteiger partial charge >= 0.3 is 0 Å². The van der Waals surface area contributed by atoms with Crippen LogP contribution in [-0.4, -0.2) is 21.7 Å². The van der Waals surface area contributed by atoms with Gasteiger partial charge in [0.05, 0.1) is 9.92 Å². The third kappa shape index (κ3) is 4.20. The Kier molecular flexibility index (Phi) is 4.88. The van der Waals surface area contributed by atoms with Gasteiger partial charge in [0.2, 0.25) is 0 Å². The lowest BCUT2D eigenvalue weighted by molar-refractivity contribution is 0.480. The summed E-state index contributed by atoms with van der Waals surface area (Å²) in [4.78, 5) is 0.211. The summed E-state index contributed by atoms with van der Waals surface area (Å²) in [6, 6.07) is 11.8. The molecular weight excluding hydrogens is 310 g/mol. The predicted octanol–water partition coefficient (Wildman–Crippen LogP) is 3.26. The van der Waals surface area contributed by atoms with E-state index in [-0.39, 0.29) is 4.90 Å². The van der Waals surface area contributed by atoms with Crippen LogP contribution < -0.4 is 10.1 Å². The van der Waals surface area contributed by atoms with Crippen molar-refractivity contribution in [3.05, 3.63) is 53.1 Å². The standard InChI is InChI=1S/C15H16ClNO3S/c1-17-10-11-6-7-15(14(16)8-11)20-12-4-3-5-13(9-12)21(2,18)19/h3-9,17H,10H2,1-2H3. The molecule has 2 aromatic carbocycles. The molecule has 0 aliphatic carbocycles. The van der Waals surface area contributed by atoms with Crippen molar-refractivity contribution < 1.29 is 13.2 Å². The second-order valence-electron chi connectivity index (χ2n) is 4.64. The van der Waals surface area contributed by atoms with E-state index in [9.17, 15) is 8.42 Å². The fourth-order valence-electron chi connectivity index (χ4n) is 1.84. The van der Waals surface area contributed by atoms with E-state index >= 15 is 0 Å². The minimum Gasteiger partial charge on any atom is -0.456 e. The van der Waals surface area contributed by atoms with E-state index in [1.165, 1.54) is 12.1 Å². The molecule has 112 valence electrons. The molecule has 0 aliphatic heterocycles. The lowest BCUT2D eigenvalue weighted by atomic mass is 10.2. The van der Waals surface area contributed by atoms with Crippen LogP contribution in [-0.2, 0) is 16.4 Å². The van der Waals surface area contributed by atoms with Crippen molar-refractivity contribution in [3.8, 4) is 11.5 Å². The van der Waals surface area contributed by atoms with E-state index in [4.69, 9.17) is 16.3 Å². The Morgan fingerprint density at radius 3 is 2.57 bits per heavy atom. The molecule has 0 aliphatic rings. The lowest BCUT2D eigenvalue weighted by Gasteiger charge is -2.10. The van der Waals surface area contributed by atoms with Gasteiger partial charge < -0.3 is 10.1 Å². The number of rotatable bonds is 5. The molecule has 0 saturated carbocycles. The zero-order valence-electron chi connectivity index (χ0n) is 11.8. The van der Waals surface area contributed by atoms with Gasteiger partial charge in [-0.05, 0) is 42.9 Å². The molecule has 0 radical (unpaired) electrons. The molecule has 2 rings (SSSR count). The zero-order valence-corrected chi connectivity index (χ0v) is 13.3. The van der Waals surface area contributed by atoms with Gasteiger partial charge in [-0.25, -0.2) is 8.42 Å². The number of hydrogen-bond donors (Lipinski definition) is 1. The molecule has 1 N–H and O–H groups in total. The maximum absolute atomic E-state index is 11.5. The molecule has 0 bridgehead atoms. The smallest absolute Gasteiger partial charge is 0.175 e. The fourth-order valence-corrected chi connectivity index (χ4v) is 2.73. The Labute approximate surface area is 129 Å². The second kappa shape index (κ2) is 6.47. The maximum atomic E-state index is 11.5. The van der Waals surface area contributed by atoms with Crippen molar-refractivity contribution in [2.45, 2.75) is 11.4 Å². The van der Waals surface area contributed by atoms with Crippen LogP contribution in [0.3, 0.4) is 0 Å². The number of nitrogens with one attached hydrogen (secondary N) is 1. The fraction of sp³-hybridized carbons (Fsp3) is 0.200. The molecule has 4 nitrogen and oxygen atoms in total. The lowest BCUT2D eigenvalue weighted by Crippen LogP contribution is -2.04. The Hall–Kier alpha value is -1.56. The van der Waals surface area contributed by atoms with Gasteiger partial charge in [-0.1, -0.05) is 23.7 Å². The van der Waals surface area contributed by atoms with Crippen molar-refractivity contribution in [1.29, 1.82) is 0 Å². The van der Waals surface area contributed by atoms with E-state index in [0.717, 1.165) is 11.8 Å². The highest BCUT2D eigenvalue weighted by atomic mass is 35.5. The summed E-state index contributed by atoms with van der Waals surface area (Å²) in [5, 5.41) is 3.52. The molecule has 0 unspecified atom stereocenters. The molecule has 21 heavy (non-hydrogen) atoms. The van der Waals surface area contributed by atoms with Crippen LogP contribution in [0.15, 0.2) is 47.4 Å². The van der Waals surface area contributed by atoms with Gasteiger partial charge in [0.15, 0.2) is 9.84 Å². The summed E-state index contributed by atoms with van der Waals surface area (Å²) >= 11 is 6.17. The Balaban J connectivity index is 2.26. The summed E-state index contributed by atoms with van der Waals surface area (Å²) in [5.41, 5.74) is 1.04. The molecule has 0 heterocycles. The van der Waals surface area contributed by atoms with Crippen molar-refractivity contribution in [2.24, 2.45) is 0 Å². The minimum absolute atomic E-state index is 0.211. The van der Waals surface area contributed by atoms with Crippen LogP contribution in [0.4, 0.5) is 0 Å². The Morgan fingerprint density at radius 1 is 1.19 bits per heavy atom. The predicted molar refractivity (Wildman–Crippen MR) is 83.8 cm³/mol. The summed E-state index contributed by atoms with van der Waals surface area (Å²) < 4.78 is 28.7. The first-order valence-electron chi connectivity index (χ1n) is 6.31. The topological polar surface area (TPSA) is 55.4 Å². The third-order valence-electron chi connectivity index (χ3n) is 2.84. The number of sulfone groups is 1. The van der Waals surface area contributed by atoms with E-state index in [1.807, 2.05) is 19.2 Å². The van der Waals surface area contributed by atoms with Crippen LogP contribution in [0, 0.1) is 0 Å². The van der Waals surface area contributed by atoms with Gasteiger partial charge in [0, 0.05) is 12.8 Å². The molecule has 6 heteroatoms. The van der Waals surface area contributed by atoms with E-state index in [1.54, 1.807) is 18.2 Å². The Morgan fingerprint density at radius 2 is 1.95 bits per heavy atom. The molecule has 0 atom stereocenters. The minimum atomic E-state index is -3.26. The molecule has 0 aromatic heterocycles. The monoisotopic (exact) mass is 325 g/mol. The van der Waals surface area contributed by atoms with Gasteiger partial charge in [-0.3, -0.25) is 0 Å². The molecule has 2 aromatic rings. The number of benzene rings is 2. The summed E-state index contributed by atoms with van der Waals surface area (Å²) in [6.07, 6.45) is 1.16. The number of ether oxygens (including phenoxy) is 1. The van der Waals surface area contributed by atoms with E-state index in [2.05, 4.69) is 5.32 Å². The molecule has 0 spiro atoms. The highest BCUT2D eigenvalue weighted by molar-refractivity contribution is 7.90. The quantitative estimate of drug-likeness (QED) is 0.916. The first kappa shape index (κ1) is 15.8.